The fraction of sp³-hybridized carbons (Fsp3) is 0.250. The highest BCUT2D eigenvalue weighted by molar-refractivity contribution is 5.95. The maximum Gasteiger partial charge on any atom is 0.269 e. The number of hydrogen-bond donors (Lipinski definition) is 1. The van der Waals surface area contributed by atoms with Crippen LogP contribution in [0.4, 0.5) is 5.69 Å². The van der Waals surface area contributed by atoms with Gasteiger partial charge in [-0.15, -0.1) is 0 Å². The van der Waals surface area contributed by atoms with E-state index in [0.717, 1.165) is 0 Å². The molecular formula is C16H16N2O4. The summed E-state index contributed by atoms with van der Waals surface area (Å²) in [6.07, 6.45) is 0.414. The molecule has 0 aliphatic carbocycles. The molecular weight excluding hydrogens is 284 g/mol. The molecule has 0 fully saturated rings. The van der Waals surface area contributed by atoms with E-state index < -0.39 is 6.10 Å². The van der Waals surface area contributed by atoms with E-state index in [4.69, 9.17) is 14.2 Å². The molecule has 3 rings (SSSR count). The van der Waals surface area contributed by atoms with Crippen LogP contribution < -0.4 is 19.5 Å². The van der Waals surface area contributed by atoms with Crippen molar-refractivity contribution in [2.24, 2.45) is 0 Å². The Hall–Kier alpha value is -2.76. The van der Waals surface area contributed by atoms with Crippen LogP contribution in [0.1, 0.15) is 6.92 Å². The van der Waals surface area contributed by atoms with E-state index in [2.05, 4.69) is 10.3 Å². The Balaban J connectivity index is 1.72. The van der Waals surface area contributed by atoms with E-state index in [1.54, 1.807) is 25.1 Å². The molecule has 2 aromatic rings. The third-order valence-corrected chi connectivity index (χ3v) is 3.31. The van der Waals surface area contributed by atoms with Gasteiger partial charge in [-0.05, 0) is 25.1 Å². The van der Waals surface area contributed by atoms with Gasteiger partial charge in [0, 0.05) is 6.07 Å². The van der Waals surface area contributed by atoms with E-state index in [1.807, 2.05) is 18.2 Å². The van der Waals surface area contributed by atoms with Gasteiger partial charge in [0.2, 0.25) is 12.0 Å². The number of nitrogens with zero attached hydrogens (tertiary/aromatic N) is 1. The number of para-hydroxylation sites is 2. The van der Waals surface area contributed by atoms with Crippen molar-refractivity contribution in [1.82, 2.24) is 4.98 Å². The lowest BCUT2D eigenvalue weighted by Crippen LogP contribution is -2.46. The van der Waals surface area contributed by atoms with Crippen LogP contribution in [0.3, 0.4) is 0 Å². The molecule has 1 aromatic heterocycles. The second-order valence-corrected chi connectivity index (χ2v) is 4.89. The number of amides is 1. The second-order valence-electron chi connectivity index (χ2n) is 4.89. The van der Waals surface area contributed by atoms with Crippen molar-refractivity contribution in [2.75, 3.05) is 12.4 Å². The Labute approximate surface area is 128 Å². The molecule has 0 spiro atoms. The largest absolute Gasteiger partial charge is 0.482 e. The average Bonchev–Trinajstić information content (AvgIpc) is 2.54. The molecule has 6 heteroatoms. The fourth-order valence-corrected chi connectivity index (χ4v) is 2.19. The molecule has 0 saturated carbocycles. The molecule has 22 heavy (non-hydrogen) atoms. The van der Waals surface area contributed by atoms with Crippen molar-refractivity contribution in [2.45, 2.75) is 19.1 Å². The summed E-state index contributed by atoms with van der Waals surface area (Å²) in [6, 6.07) is 10.7. The number of fused-ring (bicyclic) bond motifs is 1. The van der Waals surface area contributed by atoms with Crippen molar-refractivity contribution >= 4 is 11.6 Å². The Morgan fingerprint density at radius 3 is 2.55 bits per heavy atom. The maximum atomic E-state index is 12.4. The molecule has 0 radical (unpaired) electrons. The van der Waals surface area contributed by atoms with Gasteiger partial charge in [0.05, 0.1) is 19.0 Å². The third kappa shape index (κ3) is 2.81. The highest BCUT2D eigenvalue weighted by Crippen LogP contribution is 2.33. The summed E-state index contributed by atoms with van der Waals surface area (Å²) >= 11 is 0. The first-order valence-corrected chi connectivity index (χ1v) is 6.90. The molecule has 2 heterocycles. The first kappa shape index (κ1) is 14.2. The minimum absolute atomic E-state index is 0.283. The average molecular weight is 300 g/mol. The first-order chi connectivity index (χ1) is 10.7. The molecule has 1 aromatic carbocycles. The maximum absolute atomic E-state index is 12.4. The molecule has 1 amide bonds. The van der Waals surface area contributed by atoms with Gasteiger partial charge in [0.25, 0.3) is 5.91 Å². The van der Waals surface area contributed by atoms with Gasteiger partial charge in [-0.1, -0.05) is 12.1 Å². The van der Waals surface area contributed by atoms with Crippen LogP contribution in [0.25, 0.3) is 0 Å². The quantitative estimate of drug-likeness (QED) is 0.941. The molecule has 2 atom stereocenters. The van der Waals surface area contributed by atoms with Gasteiger partial charge in [-0.3, -0.25) is 4.79 Å². The number of hydrogen-bond acceptors (Lipinski definition) is 5. The normalized spacial score (nSPS) is 19.4. The predicted octanol–water partition coefficient (Wildman–Crippen LogP) is 2.26. The third-order valence-electron chi connectivity index (χ3n) is 3.31. The molecule has 1 aliphatic rings. The Morgan fingerprint density at radius 1 is 1.18 bits per heavy atom. The summed E-state index contributed by atoms with van der Waals surface area (Å²) < 4.78 is 16.4. The van der Waals surface area contributed by atoms with Crippen LogP contribution >= 0.6 is 0 Å². The predicted molar refractivity (Wildman–Crippen MR) is 80.4 cm³/mol. The highest BCUT2D eigenvalue weighted by atomic mass is 16.6. The van der Waals surface area contributed by atoms with E-state index in [-0.39, 0.29) is 12.0 Å². The first-order valence-electron chi connectivity index (χ1n) is 6.90. The van der Waals surface area contributed by atoms with E-state index in [1.165, 1.54) is 13.3 Å². The van der Waals surface area contributed by atoms with Crippen molar-refractivity contribution in [3.8, 4) is 17.4 Å². The van der Waals surface area contributed by atoms with Crippen LogP contribution in [0.15, 0.2) is 42.6 Å². The number of nitrogens with one attached hydrogen (secondary N) is 1. The number of anilines is 1. The lowest BCUT2D eigenvalue weighted by atomic mass is 10.1. The smallest absolute Gasteiger partial charge is 0.269 e. The zero-order valence-electron chi connectivity index (χ0n) is 12.3. The molecule has 1 aliphatic heterocycles. The van der Waals surface area contributed by atoms with Crippen LogP contribution in [-0.2, 0) is 4.79 Å². The van der Waals surface area contributed by atoms with Gasteiger partial charge in [0.1, 0.15) is 6.10 Å². The van der Waals surface area contributed by atoms with Crippen molar-refractivity contribution < 1.29 is 19.0 Å². The van der Waals surface area contributed by atoms with Gasteiger partial charge >= 0.3 is 0 Å². The Bertz CT molecular complexity index is 672. The van der Waals surface area contributed by atoms with Crippen LogP contribution in [-0.4, -0.2) is 30.2 Å². The molecule has 1 N–H and O–H groups in total. The molecule has 114 valence electrons. The highest BCUT2D eigenvalue weighted by Gasteiger charge is 2.34. The summed E-state index contributed by atoms with van der Waals surface area (Å²) in [7, 11) is 1.53. The summed E-state index contributed by atoms with van der Waals surface area (Å²) in [6.45, 7) is 1.80. The molecule has 0 unspecified atom stereocenters. The number of pyridine rings is 1. The number of rotatable bonds is 3. The van der Waals surface area contributed by atoms with E-state index in [9.17, 15) is 4.79 Å². The molecule has 6 nitrogen and oxygen atoms in total. The minimum Gasteiger partial charge on any atom is -0.482 e. The number of carbonyl (C=O) groups is 1. The Kier molecular flexibility index (Phi) is 3.82. The number of aromatic nitrogens is 1. The zero-order chi connectivity index (χ0) is 15.5. The topological polar surface area (TPSA) is 69.7 Å². The second kappa shape index (κ2) is 5.93. The summed E-state index contributed by atoms with van der Waals surface area (Å²) in [5.41, 5.74) is 0.570. The van der Waals surface area contributed by atoms with E-state index in [0.29, 0.717) is 23.1 Å². The number of ether oxygens (including phenoxy) is 3. The monoisotopic (exact) mass is 300 g/mol. The lowest BCUT2D eigenvalue weighted by molar-refractivity contribution is -0.128. The summed E-state index contributed by atoms with van der Waals surface area (Å²) in [4.78, 5) is 16.4. The minimum atomic E-state index is -0.725. The van der Waals surface area contributed by atoms with Crippen LogP contribution in [0, 0.1) is 0 Å². The molecule has 0 bridgehead atoms. The number of benzene rings is 1. The Morgan fingerprint density at radius 2 is 1.91 bits per heavy atom. The van der Waals surface area contributed by atoms with E-state index >= 15 is 0 Å². The summed E-state index contributed by atoms with van der Waals surface area (Å²) in [5.74, 6) is 1.41. The van der Waals surface area contributed by atoms with Gasteiger partial charge in [0.15, 0.2) is 11.5 Å². The zero-order valence-corrected chi connectivity index (χ0v) is 12.3. The van der Waals surface area contributed by atoms with Crippen molar-refractivity contribution in [3.05, 3.63) is 42.6 Å². The van der Waals surface area contributed by atoms with Crippen molar-refractivity contribution in [1.29, 1.82) is 0 Å². The van der Waals surface area contributed by atoms with Crippen molar-refractivity contribution in [3.63, 3.8) is 0 Å². The van der Waals surface area contributed by atoms with Crippen LogP contribution in [0.2, 0.25) is 0 Å². The lowest BCUT2D eigenvalue weighted by Gasteiger charge is -2.30. The number of methoxy groups -OCH3 is 1. The fourth-order valence-electron chi connectivity index (χ4n) is 2.19. The van der Waals surface area contributed by atoms with Gasteiger partial charge in [-0.25, -0.2) is 4.98 Å². The van der Waals surface area contributed by atoms with Gasteiger partial charge < -0.3 is 19.5 Å². The SMILES string of the molecule is COc1ccc(NC(=O)[C@H]2Oc3ccccc3O[C@H]2C)cn1. The van der Waals surface area contributed by atoms with Crippen LogP contribution in [0.5, 0.6) is 17.4 Å². The van der Waals surface area contributed by atoms with Gasteiger partial charge in [-0.2, -0.15) is 0 Å². The number of carbonyl (C=O) groups excluding carboxylic acids is 1. The summed E-state index contributed by atoms with van der Waals surface area (Å²) in [5, 5.41) is 2.76. The molecule has 0 saturated heterocycles. The standard InChI is InChI=1S/C16H16N2O4/c1-10-15(22-13-6-4-3-5-12(13)21-10)16(19)18-11-7-8-14(20-2)17-9-11/h3-10,15H,1-2H3,(H,18,19)/t10-,15-/m0/s1.